The lowest BCUT2D eigenvalue weighted by molar-refractivity contribution is -0.140. The maximum Gasteiger partial charge on any atom is 0.295 e. The smallest absolute Gasteiger partial charge is 0.295 e. The number of aliphatic hydroxyl groups is 1. The molecule has 1 N–H and O–H groups in total. The lowest BCUT2D eigenvalue weighted by Gasteiger charge is -2.29. The van der Waals surface area contributed by atoms with Crippen LogP contribution in [-0.2, 0) is 14.3 Å². The van der Waals surface area contributed by atoms with Crippen LogP contribution in [0.5, 0.6) is 0 Å². The molecule has 0 aliphatic carbocycles. The van der Waals surface area contributed by atoms with Crippen LogP contribution in [0, 0.1) is 0 Å². The van der Waals surface area contributed by atoms with Gasteiger partial charge >= 0.3 is 0 Å². The second-order valence-corrected chi connectivity index (χ2v) is 8.65. The highest BCUT2D eigenvalue weighted by atomic mass is 35.5. The Balaban J connectivity index is 1.68. The Kier molecular flexibility index (Phi) is 7.16. The Morgan fingerprint density at radius 3 is 2.41 bits per heavy atom. The van der Waals surface area contributed by atoms with Gasteiger partial charge in [0.15, 0.2) is 0 Å². The molecule has 2 heterocycles. The van der Waals surface area contributed by atoms with Crippen molar-refractivity contribution in [1.82, 2.24) is 9.80 Å². The Hall–Kier alpha value is -2.38. The number of hydrogen-bond acceptors (Lipinski definition) is 5. The zero-order valence-corrected chi connectivity index (χ0v) is 19.0. The van der Waals surface area contributed by atoms with E-state index >= 15 is 0 Å². The van der Waals surface area contributed by atoms with Gasteiger partial charge in [-0.25, -0.2) is 0 Å². The maximum atomic E-state index is 13.0. The third kappa shape index (κ3) is 4.69. The second kappa shape index (κ2) is 10.0. The van der Waals surface area contributed by atoms with E-state index in [1.165, 1.54) is 4.90 Å². The summed E-state index contributed by atoms with van der Waals surface area (Å²) in [6.07, 6.45) is 0.691. The topological polar surface area (TPSA) is 70.1 Å². The van der Waals surface area contributed by atoms with E-state index < -0.39 is 17.7 Å². The molecule has 0 saturated carbocycles. The zero-order chi connectivity index (χ0) is 22.7. The van der Waals surface area contributed by atoms with E-state index in [1.54, 1.807) is 42.5 Å². The van der Waals surface area contributed by atoms with Crippen LogP contribution < -0.4 is 0 Å². The average Bonchev–Trinajstić information content (AvgIpc) is 3.07. The number of aliphatic hydroxyl groups excluding tert-OH is 1. The quantitative estimate of drug-likeness (QED) is 0.387. The molecule has 2 aromatic carbocycles. The number of ketones is 1. The molecule has 0 spiro atoms. The van der Waals surface area contributed by atoms with Crippen molar-refractivity contribution < 1.29 is 19.4 Å². The van der Waals surface area contributed by atoms with Crippen molar-refractivity contribution in [3.63, 3.8) is 0 Å². The number of carbonyl (C=O) groups is 2. The highest BCUT2D eigenvalue weighted by Gasteiger charge is 2.45. The Bertz CT molecular complexity index is 1040. The van der Waals surface area contributed by atoms with Gasteiger partial charge in [0, 0.05) is 31.7 Å². The minimum absolute atomic E-state index is 0.0611. The van der Waals surface area contributed by atoms with E-state index in [1.807, 2.05) is 6.07 Å². The summed E-state index contributed by atoms with van der Waals surface area (Å²) in [4.78, 5) is 29.8. The van der Waals surface area contributed by atoms with Crippen LogP contribution in [0.15, 0.2) is 54.1 Å². The van der Waals surface area contributed by atoms with Crippen molar-refractivity contribution in [3.8, 4) is 0 Å². The van der Waals surface area contributed by atoms with E-state index in [4.69, 9.17) is 27.9 Å². The summed E-state index contributed by atoms with van der Waals surface area (Å²) in [7, 11) is 0. The van der Waals surface area contributed by atoms with Gasteiger partial charge in [0.05, 0.1) is 34.9 Å². The highest BCUT2D eigenvalue weighted by Crippen LogP contribution is 2.40. The third-order valence-corrected chi connectivity index (χ3v) is 6.56. The van der Waals surface area contributed by atoms with E-state index in [0.717, 1.165) is 19.6 Å². The van der Waals surface area contributed by atoms with Gasteiger partial charge in [-0.3, -0.25) is 14.5 Å². The SMILES string of the molecule is O=C1C(=O)N(CCCN2CCOCC2)[C@H](c2ccc(Cl)c(Cl)c2)/C1=C(\O)c1ccccc1. The molecular weight excluding hydrogens is 451 g/mol. The second-order valence-electron chi connectivity index (χ2n) is 7.84. The summed E-state index contributed by atoms with van der Waals surface area (Å²) < 4.78 is 5.38. The minimum atomic E-state index is -0.741. The summed E-state index contributed by atoms with van der Waals surface area (Å²) in [5.74, 6) is -1.52. The van der Waals surface area contributed by atoms with Crippen LogP contribution in [0.25, 0.3) is 5.76 Å². The molecule has 2 aromatic rings. The molecule has 2 aliphatic heterocycles. The molecule has 0 bridgehead atoms. The predicted octanol–water partition coefficient (Wildman–Crippen LogP) is 4.14. The van der Waals surface area contributed by atoms with Crippen molar-refractivity contribution in [1.29, 1.82) is 0 Å². The number of nitrogens with zero attached hydrogens (tertiary/aromatic N) is 2. The van der Waals surface area contributed by atoms with E-state index in [2.05, 4.69) is 4.90 Å². The molecule has 6 nitrogen and oxygen atoms in total. The van der Waals surface area contributed by atoms with Gasteiger partial charge < -0.3 is 14.7 Å². The van der Waals surface area contributed by atoms with Gasteiger partial charge in [0.25, 0.3) is 11.7 Å². The molecule has 2 aliphatic rings. The number of carbonyl (C=O) groups excluding carboxylic acids is 2. The fraction of sp³-hybridized carbons (Fsp3) is 0.333. The summed E-state index contributed by atoms with van der Waals surface area (Å²) in [6.45, 7) is 4.26. The molecule has 0 radical (unpaired) electrons. The number of amides is 1. The number of morpholine rings is 1. The zero-order valence-electron chi connectivity index (χ0n) is 17.5. The molecule has 4 rings (SSSR count). The molecule has 0 aromatic heterocycles. The molecule has 1 atom stereocenters. The lowest BCUT2D eigenvalue weighted by Crippen LogP contribution is -2.38. The van der Waals surface area contributed by atoms with Gasteiger partial charge in [-0.2, -0.15) is 0 Å². The Morgan fingerprint density at radius 1 is 1.00 bits per heavy atom. The average molecular weight is 475 g/mol. The first-order valence-electron chi connectivity index (χ1n) is 10.6. The molecule has 0 unspecified atom stereocenters. The summed E-state index contributed by atoms with van der Waals surface area (Å²) in [5, 5.41) is 11.7. The maximum absolute atomic E-state index is 13.0. The van der Waals surface area contributed by atoms with E-state index in [9.17, 15) is 14.7 Å². The van der Waals surface area contributed by atoms with E-state index in [-0.39, 0.29) is 11.3 Å². The third-order valence-electron chi connectivity index (χ3n) is 5.82. The molecule has 168 valence electrons. The minimum Gasteiger partial charge on any atom is -0.507 e. The summed E-state index contributed by atoms with van der Waals surface area (Å²) >= 11 is 12.3. The van der Waals surface area contributed by atoms with Crippen molar-refractivity contribution in [2.45, 2.75) is 12.5 Å². The Labute approximate surface area is 197 Å². The molecule has 2 fully saturated rings. The van der Waals surface area contributed by atoms with Gasteiger partial charge in [0.1, 0.15) is 5.76 Å². The van der Waals surface area contributed by atoms with Gasteiger partial charge in [-0.1, -0.05) is 59.6 Å². The Morgan fingerprint density at radius 2 is 1.72 bits per heavy atom. The van der Waals surface area contributed by atoms with Crippen molar-refractivity contribution in [2.75, 3.05) is 39.4 Å². The van der Waals surface area contributed by atoms with Crippen LogP contribution in [0.4, 0.5) is 0 Å². The normalized spacial score (nSPS) is 21.3. The first kappa shape index (κ1) is 22.8. The molecule has 1 amide bonds. The number of Topliss-reactive ketones (excluding diaryl/α,β-unsaturated/α-hetero) is 1. The van der Waals surface area contributed by atoms with Gasteiger partial charge in [-0.05, 0) is 24.1 Å². The van der Waals surface area contributed by atoms with Crippen LogP contribution in [0.2, 0.25) is 10.0 Å². The monoisotopic (exact) mass is 474 g/mol. The summed E-state index contributed by atoms with van der Waals surface area (Å²) in [6, 6.07) is 13.0. The fourth-order valence-corrected chi connectivity index (χ4v) is 4.49. The largest absolute Gasteiger partial charge is 0.507 e. The first-order valence-corrected chi connectivity index (χ1v) is 11.3. The first-order chi connectivity index (χ1) is 15.5. The van der Waals surface area contributed by atoms with Crippen molar-refractivity contribution >= 4 is 40.7 Å². The molecule has 2 saturated heterocycles. The standard InChI is InChI=1S/C24H24Cl2N2O4/c25-18-8-7-17(15-19(18)26)21-20(22(29)16-5-2-1-3-6-16)23(30)24(31)28(21)10-4-9-27-11-13-32-14-12-27/h1-3,5-8,15,21,29H,4,9-14H2/b22-20+/t21-/m1/s1. The van der Waals surface area contributed by atoms with Gasteiger partial charge in [-0.15, -0.1) is 0 Å². The highest BCUT2D eigenvalue weighted by molar-refractivity contribution is 6.46. The number of halogens is 2. The van der Waals surface area contributed by atoms with Crippen molar-refractivity contribution in [2.24, 2.45) is 0 Å². The van der Waals surface area contributed by atoms with Crippen LogP contribution in [0.3, 0.4) is 0 Å². The van der Waals surface area contributed by atoms with Crippen molar-refractivity contribution in [3.05, 3.63) is 75.3 Å². The van der Waals surface area contributed by atoms with Crippen LogP contribution in [-0.4, -0.2) is 66.0 Å². The number of likely N-dealkylation sites (tertiary alicyclic amines) is 1. The van der Waals surface area contributed by atoms with E-state index in [0.29, 0.717) is 47.4 Å². The molecular formula is C24H24Cl2N2O4. The number of benzene rings is 2. The summed E-state index contributed by atoms with van der Waals surface area (Å²) in [5.41, 5.74) is 1.16. The van der Waals surface area contributed by atoms with Crippen LogP contribution in [0.1, 0.15) is 23.6 Å². The molecule has 32 heavy (non-hydrogen) atoms. The number of rotatable bonds is 6. The van der Waals surface area contributed by atoms with Crippen LogP contribution >= 0.6 is 23.2 Å². The fourth-order valence-electron chi connectivity index (χ4n) is 4.18. The van der Waals surface area contributed by atoms with Gasteiger partial charge in [0.2, 0.25) is 0 Å². The number of hydrogen-bond donors (Lipinski definition) is 1. The lowest BCUT2D eigenvalue weighted by atomic mass is 9.95. The molecule has 8 heteroatoms. The number of ether oxygens (including phenoxy) is 1. The predicted molar refractivity (Wildman–Crippen MR) is 124 cm³/mol.